The molecule has 5 heteroatoms. The van der Waals surface area contributed by atoms with Gasteiger partial charge in [-0.15, -0.1) is 0 Å². The first-order valence-electron chi connectivity index (χ1n) is 5.03. The Labute approximate surface area is 87.1 Å². The molecule has 0 bridgehead atoms. The van der Waals surface area contributed by atoms with E-state index in [1.54, 1.807) is 6.92 Å². The van der Waals surface area contributed by atoms with E-state index in [1.807, 2.05) is 0 Å². The average Bonchev–Trinajstić information content (AvgIpc) is 2.66. The summed E-state index contributed by atoms with van der Waals surface area (Å²) in [5, 5.41) is 9.39. The van der Waals surface area contributed by atoms with Crippen LogP contribution >= 0.6 is 0 Å². The van der Waals surface area contributed by atoms with E-state index in [1.165, 1.54) is 0 Å². The van der Waals surface area contributed by atoms with Crippen molar-refractivity contribution in [3.05, 3.63) is 21.7 Å². The van der Waals surface area contributed by atoms with Gasteiger partial charge in [0.1, 0.15) is 5.82 Å². The summed E-state index contributed by atoms with van der Waals surface area (Å²) in [7, 11) is 0. The number of aromatic hydroxyl groups is 1. The van der Waals surface area contributed by atoms with Crippen LogP contribution in [0.5, 0.6) is 5.88 Å². The Morgan fingerprint density at radius 2 is 2.47 bits per heavy atom. The minimum atomic E-state index is -0.267. The van der Waals surface area contributed by atoms with Gasteiger partial charge >= 0.3 is 0 Å². The normalized spacial score (nSPS) is 20.7. The van der Waals surface area contributed by atoms with Crippen molar-refractivity contribution in [2.24, 2.45) is 5.92 Å². The van der Waals surface area contributed by atoms with Crippen molar-refractivity contribution in [1.29, 1.82) is 0 Å². The van der Waals surface area contributed by atoms with Crippen LogP contribution in [-0.2, 0) is 11.2 Å². The van der Waals surface area contributed by atoms with Crippen molar-refractivity contribution in [2.45, 2.75) is 19.8 Å². The molecular formula is C10H14N2O3. The lowest BCUT2D eigenvalue weighted by Crippen LogP contribution is -2.16. The highest BCUT2D eigenvalue weighted by Crippen LogP contribution is 2.17. The summed E-state index contributed by atoms with van der Waals surface area (Å²) in [5.74, 6) is 0.765. The highest BCUT2D eigenvalue weighted by atomic mass is 16.5. The van der Waals surface area contributed by atoms with E-state index in [4.69, 9.17) is 4.74 Å². The van der Waals surface area contributed by atoms with Gasteiger partial charge in [-0.2, -0.15) is 0 Å². The van der Waals surface area contributed by atoms with Crippen LogP contribution in [0.15, 0.2) is 4.79 Å². The molecule has 1 aromatic heterocycles. The number of aromatic amines is 1. The van der Waals surface area contributed by atoms with Gasteiger partial charge in [-0.25, -0.2) is 4.98 Å². The van der Waals surface area contributed by atoms with E-state index in [0.29, 0.717) is 24.8 Å². The second-order valence-corrected chi connectivity index (χ2v) is 3.89. The summed E-state index contributed by atoms with van der Waals surface area (Å²) in [5.41, 5.74) is -0.00200. The van der Waals surface area contributed by atoms with E-state index in [0.717, 1.165) is 13.0 Å². The molecule has 1 atom stereocenters. The van der Waals surface area contributed by atoms with E-state index in [2.05, 4.69) is 9.97 Å². The van der Waals surface area contributed by atoms with Gasteiger partial charge in [-0.3, -0.25) is 4.79 Å². The Balaban J connectivity index is 2.18. The molecule has 0 aromatic carbocycles. The van der Waals surface area contributed by atoms with E-state index < -0.39 is 0 Å². The molecule has 1 unspecified atom stereocenters. The molecular weight excluding hydrogens is 196 g/mol. The molecule has 1 aliphatic heterocycles. The topological polar surface area (TPSA) is 75.2 Å². The van der Waals surface area contributed by atoms with Crippen LogP contribution in [0.4, 0.5) is 0 Å². The first kappa shape index (κ1) is 10.2. The number of hydrogen-bond acceptors (Lipinski definition) is 4. The van der Waals surface area contributed by atoms with Gasteiger partial charge < -0.3 is 14.8 Å². The molecule has 2 heterocycles. The van der Waals surface area contributed by atoms with Crippen molar-refractivity contribution in [3.8, 4) is 5.88 Å². The van der Waals surface area contributed by atoms with Crippen LogP contribution in [0, 0.1) is 12.8 Å². The number of H-pyrrole nitrogens is 1. The Kier molecular flexibility index (Phi) is 2.73. The first-order valence-corrected chi connectivity index (χ1v) is 5.03. The predicted molar refractivity (Wildman–Crippen MR) is 53.9 cm³/mol. The van der Waals surface area contributed by atoms with Crippen LogP contribution in [-0.4, -0.2) is 28.3 Å². The zero-order valence-corrected chi connectivity index (χ0v) is 8.62. The fourth-order valence-corrected chi connectivity index (χ4v) is 1.68. The summed E-state index contributed by atoms with van der Waals surface area (Å²) >= 11 is 0. The van der Waals surface area contributed by atoms with Gasteiger partial charge in [0.25, 0.3) is 5.56 Å². The van der Waals surface area contributed by atoms with Crippen molar-refractivity contribution >= 4 is 0 Å². The Morgan fingerprint density at radius 1 is 1.67 bits per heavy atom. The molecule has 1 aromatic rings. The van der Waals surface area contributed by atoms with Crippen molar-refractivity contribution in [2.75, 3.05) is 13.2 Å². The lowest BCUT2D eigenvalue weighted by molar-refractivity contribution is 0.185. The van der Waals surface area contributed by atoms with Crippen LogP contribution in [0.2, 0.25) is 0 Å². The largest absolute Gasteiger partial charge is 0.493 e. The maximum Gasteiger partial charge on any atom is 0.257 e. The molecule has 0 aliphatic carbocycles. The zero-order valence-electron chi connectivity index (χ0n) is 8.62. The molecule has 1 aliphatic rings. The fraction of sp³-hybridized carbons (Fsp3) is 0.600. The molecule has 0 saturated carbocycles. The standard InChI is InChI=1S/C10H14N2O3/c1-6-9(13)11-8(12-10(6)14)4-7-2-3-15-5-7/h7H,2-5H2,1H3,(H2,11,12,13,14). The molecule has 5 nitrogen and oxygen atoms in total. The molecule has 1 fully saturated rings. The monoisotopic (exact) mass is 210 g/mol. The second kappa shape index (κ2) is 4.02. The van der Waals surface area contributed by atoms with Crippen molar-refractivity contribution < 1.29 is 9.84 Å². The summed E-state index contributed by atoms with van der Waals surface area (Å²) < 4.78 is 5.23. The Bertz CT molecular complexity index is 408. The van der Waals surface area contributed by atoms with E-state index in [9.17, 15) is 9.90 Å². The Hall–Kier alpha value is -1.36. The molecule has 15 heavy (non-hydrogen) atoms. The fourth-order valence-electron chi connectivity index (χ4n) is 1.68. The van der Waals surface area contributed by atoms with Crippen LogP contribution in [0.25, 0.3) is 0 Å². The summed E-state index contributed by atoms with van der Waals surface area (Å²) in [6, 6.07) is 0. The number of hydrogen-bond donors (Lipinski definition) is 2. The lowest BCUT2D eigenvalue weighted by Gasteiger charge is -2.07. The number of nitrogens with one attached hydrogen (secondary N) is 1. The van der Waals surface area contributed by atoms with Gasteiger partial charge in [0.15, 0.2) is 0 Å². The van der Waals surface area contributed by atoms with Crippen LogP contribution in [0.3, 0.4) is 0 Å². The van der Waals surface area contributed by atoms with Gasteiger partial charge in [-0.1, -0.05) is 0 Å². The minimum absolute atomic E-state index is 0.173. The van der Waals surface area contributed by atoms with Gasteiger partial charge in [-0.05, 0) is 19.3 Å². The molecule has 0 radical (unpaired) electrons. The maximum absolute atomic E-state index is 11.3. The third-order valence-electron chi connectivity index (χ3n) is 2.68. The highest BCUT2D eigenvalue weighted by Gasteiger charge is 2.18. The summed E-state index contributed by atoms with van der Waals surface area (Å²) in [6.45, 7) is 3.02. The predicted octanol–water partition coefficient (Wildman–Crippen LogP) is 0.363. The maximum atomic E-state index is 11.3. The Morgan fingerprint density at radius 3 is 3.07 bits per heavy atom. The molecule has 0 amide bonds. The molecule has 2 N–H and O–H groups in total. The van der Waals surface area contributed by atoms with Gasteiger partial charge in [0, 0.05) is 19.6 Å². The second-order valence-electron chi connectivity index (χ2n) is 3.89. The summed E-state index contributed by atoms with van der Waals surface area (Å²) in [6.07, 6.45) is 1.64. The third kappa shape index (κ3) is 2.18. The number of ether oxygens (including phenoxy) is 1. The number of rotatable bonds is 2. The molecule has 1 saturated heterocycles. The van der Waals surface area contributed by atoms with Gasteiger partial charge in [0.2, 0.25) is 5.88 Å². The van der Waals surface area contributed by atoms with E-state index >= 15 is 0 Å². The van der Waals surface area contributed by atoms with Crippen LogP contribution < -0.4 is 5.56 Å². The quantitative estimate of drug-likeness (QED) is 0.739. The minimum Gasteiger partial charge on any atom is -0.493 e. The molecule has 0 spiro atoms. The zero-order chi connectivity index (χ0) is 10.8. The number of nitrogens with zero attached hydrogens (tertiary/aromatic N) is 1. The molecule has 82 valence electrons. The summed E-state index contributed by atoms with van der Waals surface area (Å²) in [4.78, 5) is 18.0. The molecule has 2 rings (SSSR count). The van der Waals surface area contributed by atoms with Gasteiger partial charge in [0.05, 0.1) is 5.56 Å². The highest BCUT2D eigenvalue weighted by molar-refractivity contribution is 5.20. The third-order valence-corrected chi connectivity index (χ3v) is 2.68. The SMILES string of the molecule is Cc1c(O)nc(CC2CCOC2)[nH]c1=O. The smallest absolute Gasteiger partial charge is 0.257 e. The van der Waals surface area contributed by atoms with Crippen LogP contribution in [0.1, 0.15) is 17.8 Å². The first-order chi connectivity index (χ1) is 7.16. The van der Waals surface area contributed by atoms with Crippen molar-refractivity contribution in [3.63, 3.8) is 0 Å². The lowest BCUT2D eigenvalue weighted by atomic mass is 10.0. The average molecular weight is 210 g/mol. The van der Waals surface area contributed by atoms with Crippen molar-refractivity contribution in [1.82, 2.24) is 9.97 Å². The number of aromatic nitrogens is 2. The van der Waals surface area contributed by atoms with E-state index in [-0.39, 0.29) is 17.0 Å².